The number of halogens is 1. The number of aliphatic hydroxyl groups is 1. The minimum absolute atomic E-state index is 0.0954. The molecule has 3 N–H and O–H groups in total. The molecule has 0 amide bonds. The summed E-state index contributed by atoms with van der Waals surface area (Å²) in [4.78, 5) is 10.5. The fraction of sp³-hybridized carbons (Fsp3) is 0.364. The number of hydrogen-bond donors (Lipinski definition) is 3. The van der Waals surface area contributed by atoms with Crippen LogP contribution in [0.25, 0.3) is 0 Å². The molecule has 1 aromatic rings. The Hall–Kier alpha value is -0.960. The monoisotopic (exact) mass is 351 g/mol. The Kier molecular flexibility index (Phi) is 5.48. The second-order valence-corrected chi connectivity index (χ2v) is 6.57. The Balaban J connectivity index is 2.71. The molecule has 1 unspecified atom stereocenters. The van der Waals surface area contributed by atoms with Gasteiger partial charge in [0.05, 0.1) is 4.90 Å². The Morgan fingerprint density at radius 1 is 1.47 bits per heavy atom. The highest BCUT2D eigenvalue weighted by atomic mass is 79.9. The van der Waals surface area contributed by atoms with Crippen LogP contribution in [0.15, 0.2) is 27.6 Å². The van der Waals surface area contributed by atoms with E-state index in [-0.39, 0.29) is 17.9 Å². The zero-order chi connectivity index (χ0) is 14.6. The summed E-state index contributed by atoms with van der Waals surface area (Å²) < 4.78 is 26.8. The summed E-state index contributed by atoms with van der Waals surface area (Å²) in [5, 5.41) is 17.5. The minimum atomic E-state index is -3.70. The van der Waals surface area contributed by atoms with E-state index in [4.69, 9.17) is 10.2 Å². The van der Waals surface area contributed by atoms with Gasteiger partial charge in [-0.2, -0.15) is 0 Å². The van der Waals surface area contributed by atoms with E-state index in [1.54, 1.807) is 13.0 Å². The van der Waals surface area contributed by atoms with Gasteiger partial charge in [-0.15, -0.1) is 0 Å². The van der Waals surface area contributed by atoms with Crippen LogP contribution in [0, 0.1) is 6.92 Å². The van der Waals surface area contributed by atoms with Crippen LogP contribution < -0.4 is 4.72 Å². The summed E-state index contributed by atoms with van der Waals surface area (Å²) in [6.07, 6.45) is -1.77. The predicted octanol–water partition coefficient (Wildman–Crippen LogP) is 0.871. The van der Waals surface area contributed by atoms with E-state index >= 15 is 0 Å². The summed E-state index contributed by atoms with van der Waals surface area (Å²) in [6.45, 7) is 1.61. The van der Waals surface area contributed by atoms with E-state index in [0.717, 1.165) is 10.0 Å². The molecule has 0 aliphatic rings. The first-order valence-corrected chi connectivity index (χ1v) is 7.68. The fourth-order valence-corrected chi connectivity index (χ4v) is 2.70. The molecule has 0 aliphatic carbocycles. The molecule has 0 aliphatic heterocycles. The first kappa shape index (κ1) is 16.1. The fourth-order valence-electron chi connectivity index (χ4n) is 1.32. The number of carboxylic acids is 1. The normalized spacial score (nSPS) is 13.2. The van der Waals surface area contributed by atoms with Gasteiger partial charge in [0.15, 0.2) is 6.10 Å². The van der Waals surface area contributed by atoms with Gasteiger partial charge in [0.2, 0.25) is 10.0 Å². The predicted molar refractivity (Wildman–Crippen MR) is 72.3 cm³/mol. The number of sulfonamides is 1. The summed E-state index contributed by atoms with van der Waals surface area (Å²) in [5.41, 5.74) is 0.772. The topological polar surface area (TPSA) is 104 Å². The molecule has 0 saturated carbocycles. The maximum absolute atomic E-state index is 11.9. The highest BCUT2D eigenvalue weighted by molar-refractivity contribution is 9.10. The maximum atomic E-state index is 11.9. The second kappa shape index (κ2) is 6.47. The number of hydrogen-bond acceptors (Lipinski definition) is 4. The third-order valence-electron chi connectivity index (χ3n) is 2.43. The van der Waals surface area contributed by atoms with Gasteiger partial charge in [0.1, 0.15) is 0 Å². The first-order chi connectivity index (χ1) is 8.74. The maximum Gasteiger partial charge on any atom is 0.332 e. The lowest BCUT2D eigenvalue weighted by atomic mass is 10.2. The average Bonchev–Trinajstić information content (AvgIpc) is 2.32. The Morgan fingerprint density at radius 3 is 2.63 bits per heavy atom. The van der Waals surface area contributed by atoms with Crippen molar-refractivity contribution in [3.63, 3.8) is 0 Å². The Labute approximate surface area is 119 Å². The van der Waals surface area contributed by atoms with Crippen LogP contribution in [0.2, 0.25) is 0 Å². The van der Waals surface area contributed by atoms with Crippen LogP contribution in [0.3, 0.4) is 0 Å². The lowest BCUT2D eigenvalue weighted by Crippen LogP contribution is -2.30. The van der Waals surface area contributed by atoms with E-state index in [1.165, 1.54) is 12.1 Å². The first-order valence-electron chi connectivity index (χ1n) is 5.41. The highest BCUT2D eigenvalue weighted by Gasteiger charge is 2.17. The largest absolute Gasteiger partial charge is 0.479 e. The summed E-state index contributed by atoms with van der Waals surface area (Å²) >= 11 is 3.27. The number of rotatable bonds is 6. The number of nitrogens with one attached hydrogen (secondary N) is 1. The molecule has 0 fully saturated rings. The van der Waals surface area contributed by atoms with Crippen molar-refractivity contribution in [2.24, 2.45) is 0 Å². The van der Waals surface area contributed by atoms with Crippen molar-refractivity contribution < 1.29 is 23.4 Å². The summed E-state index contributed by atoms with van der Waals surface area (Å²) in [5.74, 6) is -1.38. The van der Waals surface area contributed by atoms with Crippen LogP contribution >= 0.6 is 15.9 Å². The van der Waals surface area contributed by atoms with Gasteiger partial charge in [0.25, 0.3) is 0 Å². The molecular weight excluding hydrogens is 338 g/mol. The smallest absolute Gasteiger partial charge is 0.332 e. The second-order valence-electron chi connectivity index (χ2n) is 3.95. The van der Waals surface area contributed by atoms with Crippen LogP contribution in [-0.4, -0.2) is 37.2 Å². The Morgan fingerprint density at radius 2 is 2.11 bits per heavy atom. The summed E-state index contributed by atoms with van der Waals surface area (Å²) in [6, 6.07) is 4.56. The lowest BCUT2D eigenvalue weighted by molar-refractivity contribution is -0.146. The number of aliphatic hydroxyl groups excluding tert-OH is 1. The van der Waals surface area contributed by atoms with Crippen LogP contribution in [0.1, 0.15) is 12.0 Å². The van der Waals surface area contributed by atoms with Gasteiger partial charge in [-0.05, 0) is 37.1 Å². The van der Waals surface area contributed by atoms with E-state index < -0.39 is 22.1 Å². The zero-order valence-corrected chi connectivity index (χ0v) is 12.5. The molecule has 0 radical (unpaired) electrons. The number of carboxylic acid groups (broad SMARTS) is 1. The SMILES string of the molecule is Cc1cc(S(=O)(=O)NCCC(O)C(=O)O)ccc1Br. The minimum Gasteiger partial charge on any atom is -0.479 e. The van der Waals surface area contributed by atoms with Crippen molar-refractivity contribution in [1.29, 1.82) is 0 Å². The molecule has 0 saturated heterocycles. The van der Waals surface area contributed by atoms with E-state index in [9.17, 15) is 13.2 Å². The van der Waals surface area contributed by atoms with Gasteiger partial charge >= 0.3 is 5.97 Å². The molecule has 0 spiro atoms. The van der Waals surface area contributed by atoms with Crippen molar-refractivity contribution >= 4 is 31.9 Å². The molecular formula is C11H14BrNO5S. The number of aliphatic carboxylic acids is 1. The third kappa shape index (κ3) is 4.57. The number of benzene rings is 1. The van der Waals surface area contributed by atoms with Gasteiger partial charge < -0.3 is 10.2 Å². The quantitative estimate of drug-likeness (QED) is 0.705. The van der Waals surface area contributed by atoms with Gasteiger partial charge in [-0.3, -0.25) is 0 Å². The number of aryl methyl sites for hydroxylation is 1. The van der Waals surface area contributed by atoms with Gasteiger partial charge in [0, 0.05) is 11.0 Å². The van der Waals surface area contributed by atoms with E-state index in [2.05, 4.69) is 20.7 Å². The van der Waals surface area contributed by atoms with Gasteiger partial charge in [-0.1, -0.05) is 15.9 Å². The third-order valence-corrected chi connectivity index (χ3v) is 4.78. The standard InChI is InChI=1S/C11H14BrNO5S/c1-7-6-8(2-3-9(7)12)19(17,18)13-5-4-10(14)11(15)16/h2-3,6,10,13-14H,4-5H2,1H3,(H,15,16). The molecule has 0 heterocycles. The van der Waals surface area contributed by atoms with Crippen LogP contribution in [0.4, 0.5) is 0 Å². The molecule has 106 valence electrons. The molecule has 19 heavy (non-hydrogen) atoms. The van der Waals surface area contributed by atoms with E-state index in [1.807, 2.05) is 0 Å². The highest BCUT2D eigenvalue weighted by Crippen LogP contribution is 2.19. The lowest BCUT2D eigenvalue weighted by Gasteiger charge is -2.09. The van der Waals surface area contributed by atoms with Crippen molar-refractivity contribution in [2.45, 2.75) is 24.3 Å². The van der Waals surface area contributed by atoms with Crippen molar-refractivity contribution in [3.05, 3.63) is 28.2 Å². The molecule has 0 aromatic heterocycles. The molecule has 1 aromatic carbocycles. The molecule has 0 bridgehead atoms. The van der Waals surface area contributed by atoms with Crippen molar-refractivity contribution in [2.75, 3.05) is 6.54 Å². The van der Waals surface area contributed by atoms with Crippen LogP contribution in [0.5, 0.6) is 0 Å². The summed E-state index contributed by atoms with van der Waals surface area (Å²) in [7, 11) is -3.70. The van der Waals surface area contributed by atoms with Crippen LogP contribution in [-0.2, 0) is 14.8 Å². The molecule has 8 heteroatoms. The van der Waals surface area contributed by atoms with Crippen molar-refractivity contribution in [1.82, 2.24) is 4.72 Å². The average molecular weight is 352 g/mol. The molecule has 6 nitrogen and oxygen atoms in total. The van der Waals surface area contributed by atoms with E-state index in [0.29, 0.717) is 0 Å². The Bertz CT molecular complexity index is 572. The number of carbonyl (C=O) groups is 1. The van der Waals surface area contributed by atoms with Crippen molar-refractivity contribution in [3.8, 4) is 0 Å². The molecule has 1 rings (SSSR count). The zero-order valence-electron chi connectivity index (χ0n) is 10.1. The molecule has 1 atom stereocenters. The van der Waals surface area contributed by atoms with Gasteiger partial charge in [-0.25, -0.2) is 17.9 Å².